The average molecular weight is 281 g/mol. The van der Waals surface area contributed by atoms with Crippen molar-refractivity contribution in [2.24, 2.45) is 5.92 Å². The second-order valence-electron chi connectivity index (χ2n) is 5.86. The molecule has 117 valence electrons. The van der Waals surface area contributed by atoms with Crippen LogP contribution in [-0.2, 0) is 9.59 Å². The molecule has 0 fully saturated rings. The Hall–Kier alpha value is -0.660. The predicted molar refractivity (Wildman–Crippen MR) is 85.6 cm³/mol. The monoisotopic (exact) mass is 281 g/mol. The van der Waals surface area contributed by atoms with Gasteiger partial charge >= 0.3 is 0 Å². The summed E-state index contributed by atoms with van der Waals surface area (Å²) in [7, 11) is 0. The van der Waals surface area contributed by atoms with Gasteiger partial charge in [-0.15, -0.1) is 0 Å². The van der Waals surface area contributed by atoms with Crippen LogP contribution in [0.25, 0.3) is 0 Å². The molecule has 0 rings (SSSR count). The van der Waals surface area contributed by atoms with Crippen molar-refractivity contribution in [3.05, 3.63) is 0 Å². The van der Waals surface area contributed by atoms with Gasteiger partial charge in [-0.1, -0.05) is 78.1 Å². The van der Waals surface area contributed by atoms with Crippen molar-refractivity contribution < 1.29 is 9.59 Å². The molecule has 0 aliphatic heterocycles. The third kappa shape index (κ3) is 11.2. The van der Waals surface area contributed by atoms with Crippen molar-refractivity contribution in [2.75, 3.05) is 0 Å². The molecule has 20 heavy (non-hydrogen) atoms. The second-order valence-corrected chi connectivity index (χ2v) is 5.86. The lowest BCUT2D eigenvalue weighted by atomic mass is 9.94. The van der Waals surface area contributed by atoms with Crippen molar-refractivity contribution in [1.29, 1.82) is 0 Å². The number of rotatable bonds is 15. The van der Waals surface area contributed by atoms with Crippen molar-refractivity contribution in [2.45, 2.75) is 97.3 Å². The van der Waals surface area contributed by atoms with Gasteiger partial charge in [-0.25, -0.2) is 0 Å². The zero-order chi connectivity index (χ0) is 15.1. The fourth-order valence-electron chi connectivity index (χ4n) is 2.49. The second kappa shape index (κ2) is 14.7. The highest BCUT2D eigenvalue weighted by Crippen LogP contribution is 2.15. The highest BCUT2D eigenvalue weighted by Gasteiger charge is 2.17. The third-order valence-corrected chi connectivity index (χ3v) is 3.90. The maximum absolute atomic E-state index is 11.9. The molecule has 1 unspecified atom stereocenters. The van der Waals surface area contributed by atoms with E-state index in [9.17, 15) is 9.59 Å². The van der Waals surface area contributed by atoms with Crippen LogP contribution in [0.3, 0.4) is 0 Å². The van der Waals surface area contributed by atoms with Crippen LogP contribution in [0.15, 0.2) is 0 Å². The first-order valence-electron chi connectivity index (χ1n) is 8.66. The number of ketones is 1. The molecule has 0 amide bonds. The van der Waals surface area contributed by atoms with Crippen molar-refractivity contribution in [1.82, 2.24) is 0 Å². The molecule has 0 saturated heterocycles. The Kier molecular flexibility index (Phi) is 14.3. The van der Waals surface area contributed by atoms with Gasteiger partial charge in [-0.2, -0.15) is 0 Å². The zero-order valence-corrected chi connectivity index (χ0v) is 13.6. The van der Waals surface area contributed by atoms with E-state index >= 15 is 0 Å². The highest BCUT2D eigenvalue weighted by molar-refractivity contribution is 5.93. The number of hydrogen-bond donors (Lipinski definition) is 0. The average Bonchev–Trinajstić information content (AvgIpc) is 2.46. The van der Waals surface area contributed by atoms with Crippen molar-refractivity contribution in [3.63, 3.8) is 0 Å². The number of carbonyl (C=O) groups excluding carboxylic acids is 2. The molecule has 0 bridgehead atoms. The molecular weight excluding hydrogens is 248 g/mol. The van der Waals surface area contributed by atoms with Crippen molar-refractivity contribution >= 4 is 12.1 Å². The van der Waals surface area contributed by atoms with Gasteiger partial charge in [-0.05, 0) is 12.8 Å². The lowest BCUT2D eigenvalue weighted by Crippen LogP contribution is -2.15. The van der Waals surface area contributed by atoms with Gasteiger partial charge in [-0.3, -0.25) is 9.59 Å². The van der Waals surface area contributed by atoms with Crippen LogP contribution in [-0.4, -0.2) is 12.1 Å². The summed E-state index contributed by atoms with van der Waals surface area (Å²) in [6, 6.07) is 0. The van der Waals surface area contributed by atoms with Crippen LogP contribution in [0.1, 0.15) is 97.3 Å². The lowest BCUT2D eigenvalue weighted by molar-refractivity contribution is -0.121. The maximum Gasteiger partial charge on any atom is 0.209 e. The van der Waals surface area contributed by atoms with E-state index in [1.165, 1.54) is 44.9 Å². The van der Waals surface area contributed by atoms with Gasteiger partial charge in [0.05, 0.1) is 5.92 Å². The summed E-state index contributed by atoms with van der Waals surface area (Å²) in [5.41, 5.74) is 0. The van der Waals surface area contributed by atoms with Crippen LogP contribution >= 0.6 is 0 Å². The van der Waals surface area contributed by atoms with Gasteiger partial charge in [0, 0.05) is 6.42 Å². The smallest absolute Gasteiger partial charge is 0.209 e. The molecule has 2 nitrogen and oxygen atoms in total. The van der Waals surface area contributed by atoms with Crippen LogP contribution in [0.4, 0.5) is 0 Å². The summed E-state index contributed by atoms with van der Waals surface area (Å²) in [5.74, 6) is -0.336. The molecule has 0 N–H and O–H groups in total. The SMILES string of the molecule is CCCCCCCCC([C]=O)C(=O)CCCCCCC. The number of carbonyl (C=O) groups is 1. The van der Waals surface area contributed by atoms with Gasteiger partial charge < -0.3 is 0 Å². The summed E-state index contributed by atoms with van der Waals surface area (Å²) in [6.07, 6.45) is 16.1. The first-order chi connectivity index (χ1) is 9.76. The summed E-state index contributed by atoms with van der Waals surface area (Å²) < 4.78 is 0. The molecular formula is C18H33O2. The Morgan fingerprint density at radius 1 is 0.800 bits per heavy atom. The van der Waals surface area contributed by atoms with E-state index in [0.717, 1.165) is 25.7 Å². The molecule has 2 heteroatoms. The predicted octanol–water partition coefficient (Wildman–Crippen LogP) is 5.39. The number of unbranched alkanes of at least 4 members (excludes halogenated alkanes) is 9. The van der Waals surface area contributed by atoms with E-state index in [1.54, 1.807) is 0 Å². The summed E-state index contributed by atoms with van der Waals surface area (Å²) in [6.45, 7) is 4.39. The van der Waals surface area contributed by atoms with E-state index < -0.39 is 5.92 Å². The van der Waals surface area contributed by atoms with Crippen LogP contribution < -0.4 is 0 Å². The normalized spacial score (nSPS) is 12.3. The Balaban J connectivity index is 3.61. The standard InChI is InChI=1S/C18H33O2/c1-3-5-7-9-11-12-14-17(16-19)18(20)15-13-10-8-6-4-2/h17H,3-15H2,1-2H3. The maximum atomic E-state index is 11.9. The summed E-state index contributed by atoms with van der Waals surface area (Å²) >= 11 is 0. The minimum atomic E-state index is -0.452. The van der Waals surface area contributed by atoms with Gasteiger partial charge in [0.2, 0.25) is 6.29 Å². The molecule has 0 aliphatic carbocycles. The first-order valence-corrected chi connectivity index (χ1v) is 8.66. The fourth-order valence-corrected chi connectivity index (χ4v) is 2.49. The molecule has 0 heterocycles. The van der Waals surface area contributed by atoms with Crippen molar-refractivity contribution in [3.8, 4) is 0 Å². The molecule has 0 aliphatic rings. The molecule has 1 atom stereocenters. The third-order valence-electron chi connectivity index (χ3n) is 3.90. The van der Waals surface area contributed by atoms with E-state index in [2.05, 4.69) is 13.8 Å². The first kappa shape index (κ1) is 19.3. The summed E-state index contributed by atoms with van der Waals surface area (Å²) in [4.78, 5) is 22.8. The van der Waals surface area contributed by atoms with E-state index in [-0.39, 0.29) is 5.78 Å². The number of Topliss-reactive ketones (excluding diaryl/α,β-unsaturated/α-hetero) is 1. The quantitative estimate of drug-likeness (QED) is 0.298. The Morgan fingerprint density at radius 3 is 1.85 bits per heavy atom. The minimum Gasteiger partial charge on any atom is -0.299 e. The topological polar surface area (TPSA) is 34.1 Å². The fraction of sp³-hybridized carbons (Fsp3) is 0.889. The van der Waals surface area contributed by atoms with Crippen LogP contribution in [0.5, 0.6) is 0 Å². The Morgan fingerprint density at radius 2 is 1.30 bits per heavy atom. The molecule has 0 aromatic heterocycles. The molecule has 0 saturated carbocycles. The Bertz CT molecular complexity index is 236. The minimum absolute atomic E-state index is 0.116. The molecule has 1 radical (unpaired) electrons. The van der Waals surface area contributed by atoms with Crippen LogP contribution in [0.2, 0.25) is 0 Å². The molecule has 0 spiro atoms. The molecule has 0 aromatic carbocycles. The lowest BCUT2D eigenvalue weighted by Gasteiger charge is -2.08. The van der Waals surface area contributed by atoms with E-state index in [4.69, 9.17) is 0 Å². The van der Waals surface area contributed by atoms with Gasteiger partial charge in [0.25, 0.3) is 0 Å². The Labute approximate surface area is 125 Å². The summed E-state index contributed by atoms with van der Waals surface area (Å²) in [5, 5.41) is 0. The zero-order valence-electron chi connectivity index (χ0n) is 13.6. The van der Waals surface area contributed by atoms with E-state index in [1.807, 2.05) is 6.29 Å². The van der Waals surface area contributed by atoms with Crippen LogP contribution in [0, 0.1) is 5.92 Å². The highest BCUT2D eigenvalue weighted by atomic mass is 16.1. The van der Waals surface area contributed by atoms with Gasteiger partial charge in [0.15, 0.2) is 0 Å². The number of hydrogen-bond acceptors (Lipinski definition) is 2. The van der Waals surface area contributed by atoms with E-state index in [0.29, 0.717) is 12.8 Å². The largest absolute Gasteiger partial charge is 0.299 e. The molecule has 0 aromatic rings. The van der Waals surface area contributed by atoms with Gasteiger partial charge in [0.1, 0.15) is 5.78 Å².